The molecule has 1 fully saturated rings. The van der Waals surface area contributed by atoms with E-state index in [4.69, 9.17) is 10.7 Å². The first-order valence-corrected chi connectivity index (χ1v) is 11.8. The fourth-order valence-electron chi connectivity index (χ4n) is 4.63. The topological polar surface area (TPSA) is 126 Å². The molecule has 0 spiro atoms. The van der Waals surface area contributed by atoms with Gasteiger partial charge in [-0.2, -0.15) is 10.1 Å². The third kappa shape index (κ3) is 5.16. The number of fused-ring (bicyclic) bond motifs is 1. The smallest absolute Gasteiger partial charge is 0.229 e. The minimum absolute atomic E-state index is 0.0458. The largest absolute Gasteiger partial charge is 0.394 e. The van der Waals surface area contributed by atoms with E-state index in [1.54, 1.807) is 10.9 Å². The van der Waals surface area contributed by atoms with Gasteiger partial charge in [0.15, 0.2) is 0 Å². The number of hydrogen-bond acceptors (Lipinski definition) is 8. The summed E-state index contributed by atoms with van der Waals surface area (Å²) in [5.74, 6) is 1.34. The maximum atomic E-state index is 9.22. The van der Waals surface area contributed by atoms with Gasteiger partial charge in [-0.1, -0.05) is 6.07 Å². The standard InChI is InChI=1S/C24H32N8O/c25-19-2-5-20(6-3-19)29-23-22(18-13-28-32(15-18)9-10-33)14-27-24(31-23)30-21-4-1-16-7-8-26-12-17(16)11-21/h1,4,11,13-15,19-20,26,33H,2-3,5-10,12,25H2,(H2,27,29,30,31). The maximum Gasteiger partial charge on any atom is 0.229 e. The summed E-state index contributed by atoms with van der Waals surface area (Å²) in [6.07, 6.45) is 10.7. The van der Waals surface area contributed by atoms with Crippen molar-refractivity contribution in [2.75, 3.05) is 23.8 Å². The molecule has 0 atom stereocenters. The number of nitrogens with zero attached hydrogens (tertiary/aromatic N) is 4. The SMILES string of the molecule is NC1CCC(Nc2nc(Nc3ccc4c(c3)CNCC4)ncc2-c2cnn(CCO)c2)CC1. The molecule has 33 heavy (non-hydrogen) atoms. The van der Waals surface area contributed by atoms with E-state index in [0.29, 0.717) is 24.6 Å². The fourth-order valence-corrected chi connectivity index (χ4v) is 4.63. The van der Waals surface area contributed by atoms with Crippen molar-refractivity contribution in [2.45, 2.75) is 57.3 Å². The number of benzene rings is 1. The van der Waals surface area contributed by atoms with E-state index in [-0.39, 0.29) is 6.61 Å². The second-order valence-corrected chi connectivity index (χ2v) is 8.96. The van der Waals surface area contributed by atoms with Gasteiger partial charge in [0.2, 0.25) is 5.95 Å². The third-order valence-electron chi connectivity index (χ3n) is 6.52. The zero-order chi connectivity index (χ0) is 22.6. The molecule has 2 aromatic heterocycles. The van der Waals surface area contributed by atoms with Crippen molar-refractivity contribution >= 4 is 17.5 Å². The van der Waals surface area contributed by atoms with Crippen LogP contribution in [0.2, 0.25) is 0 Å². The molecule has 9 heteroatoms. The van der Waals surface area contributed by atoms with Crippen molar-refractivity contribution < 1.29 is 5.11 Å². The Morgan fingerprint density at radius 3 is 2.88 bits per heavy atom. The minimum Gasteiger partial charge on any atom is -0.394 e. The lowest BCUT2D eigenvalue weighted by atomic mass is 9.91. The number of aromatic nitrogens is 4. The first kappa shape index (κ1) is 21.8. The molecule has 2 aliphatic rings. The number of nitrogens with one attached hydrogen (secondary N) is 3. The van der Waals surface area contributed by atoms with Gasteiger partial charge in [0, 0.05) is 47.8 Å². The molecule has 1 saturated carbocycles. The monoisotopic (exact) mass is 448 g/mol. The predicted molar refractivity (Wildman–Crippen MR) is 129 cm³/mol. The number of aliphatic hydroxyl groups is 1. The third-order valence-corrected chi connectivity index (χ3v) is 6.52. The molecular weight excluding hydrogens is 416 g/mol. The van der Waals surface area contributed by atoms with Crippen LogP contribution in [0.5, 0.6) is 0 Å². The van der Waals surface area contributed by atoms with Crippen molar-refractivity contribution in [2.24, 2.45) is 5.73 Å². The normalized spacial score (nSPS) is 20.3. The molecule has 0 radical (unpaired) electrons. The molecule has 0 saturated heterocycles. The summed E-state index contributed by atoms with van der Waals surface area (Å²) < 4.78 is 1.73. The van der Waals surface area contributed by atoms with Gasteiger partial charge in [-0.05, 0) is 61.9 Å². The molecule has 3 heterocycles. The quantitative estimate of drug-likeness (QED) is 0.373. The number of rotatable bonds is 7. The first-order valence-electron chi connectivity index (χ1n) is 11.8. The van der Waals surface area contributed by atoms with E-state index in [9.17, 15) is 5.11 Å². The van der Waals surface area contributed by atoms with E-state index < -0.39 is 0 Å². The van der Waals surface area contributed by atoms with Crippen LogP contribution in [0.3, 0.4) is 0 Å². The van der Waals surface area contributed by atoms with E-state index in [0.717, 1.165) is 67.8 Å². The Morgan fingerprint density at radius 1 is 1.15 bits per heavy atom. The molecule has 3 aromatic rings. The highest BCUT2D eigenvalue weighted by molar-refractivity contribution is 5.75. The number of aliphatic hydroxyl groups excluding tert-OH is 1. The summed E-state index contributed by atoms with van der Waals surface area (Å²) in [7, 11) is 0. The van der Waals surface area contributed by atoms with Gasteiger partial charge in [0.1, 0.15) is 5.82 Å². The van der Waals surface area contributed by atoms with Gasteiger partial charge < -0.3 is 26.8 Å². The highest BCUT2D eigenvalue weighted by Crippen LogP contribution is 2.30. The molecule has 0 amide bonds. The van der Waals surface area contributed by atoms with Gasteiger partial charge >= 0.3 is 0 Å². The molecule has 1 aromatic carbocycles. The molecule has 0 bridgehead atoms. The summed E-state index contributed by atoms with van der Waals surface area (Å²) in [5.41, 5.74) is 11.6. The van der Waals surface area contributed by atoms with Crippen LogP contribution >= 0.6 is 0 Å². The van der Waals surface area contributed by atoms with Gasteiger partial charge in [-0.15, -0.1) is 0 Å². The van der Waals surface area contributed by atoms with Crippen molar-refractivity contribution in [3.05, 3.63) is 47.9 Å². The van der Waals surface area contributed by atoms with Crippen molar-refractivity contribution in [3.63, 3.8) is 0 Å². The summed E-state index contributed by atoms with van der Waals surface area (Å²) in [5, 5.41) is 24.0. The van der Waals surface area contributed by atoms with E-state index >= 15 is 0 Å². The molecule has 9 nitrogen and oxygen atoms in total. The van der Waals surface area contributed by atoms with Gasteiger partial charge in [0.05, 0.1) is 19.3 Å². The predicted octanol–water partition coefficient (Wildman–Crippen LogP) is 2.40. The first-order chi connectivity index (χ1) is 16.2. The minimum atomic E-state index is 0.0458. The molecule has 174 valence electrons. The average molecular weight is 449 g/mol. The van der Waals surface area contributed by atoms with Crippen LogP contribution in [-0.2, 0) is 19.5 Å². The van der Waals surface area contributed by atoms with E-state index in [1.807, 2.05) is 12.4 Å². The molecule has 5 rings (SSSR count). The second-order valence-electron chi connectivity index (χ2n) is 8.96. The Kier molecular flexibility index (Phi) is 6.52. The van der Waals surface area contributed by atoms with Gasteiger partial charge in [0.25, 0.3) is 0 Å². The zero-order valence-electron chi connectivity index (χ0n) is 18.8. The van der Waals surface area contributed by atoms with Crippen LogP contribution in [0, 0.1) is 0 Å². The number of hydrogen-bond donors (Lipinski definition) is 5. The number of anilines is 3. The summed E-state index contributed by atoms with van der Waals surface area (Å²) in [4.78, 5) is 9.46. The van der Waals surface area contributed by atoms with Crippen LogP contribution in [-0.4, -0.2) is 50.1 Å². The second kappa shape index (κ2) is 9.86. The van der Waals surface area contributed by atoms with Crippen LogP contribution in [0.15, 0.2) is 36.8 Å². The Labute approximate surface area is 193 Å². The zero-order valence-corrected chi connectivity index (χ0v) is 18.8. The lowest BCUT2D eigenvalue weighted by Crippen LogP contribution is -2.33. The van der Waals surface area contributed by atoms with E-state index in [1.165, 1.54) is 11.1 Å². The van der Waals surface area contributed by atoms with E-state index in [2.05, 4.69) is 44.2 Å². The van der Waals surface area contributed by atoms with Gasteiger partial charge in [-0.3, -0.25) is 4.68 Å². The van der Waals surface area contributed by atoms with Crippen LogP contribution in [0.1, 0.15) is 36.8 Å². The highest BCUT2D eigenvalue weighted by Gasteiger charge is 2.21. The molecule has 1 aliphatic heterocycles. The van der Waals surface area contributed by atoms with Crippen LogP contribution in [0.4, 0.5) is 17.5 Å². The highest BCUT2D eigenvalue weighted by atomic mass is 16.3. The van der Waals surface area contributed by atoms with Crippen molar-refractivity contribution in [1.82, 2.24) is 25.1 Å². The lowest BCUT2D eigenvalue weighted by Gasteiger charge is -2.28. The Bertz CT molecular complexity index is 1090. The summed E-state index contributed by atoms with van der Waals surface area (Å²) in [6, 6.07) is 7.07. The van der Waals surface area contributed by atoms with Crippen molar-refractivity contribution in [3.8, 4) is 11.1 Å². The summed E-state index contributed by atoms with van der Waals surface area (Å²) >= 11 is 0. The summed E-state index contributed by atoms with van der Waals surface area (Å²) in [6.45, 7) is 2.42. The average Bonchev–Trinajstić information content (AvgIpc) is 3.29. The molecule has 0 unspecified atom stereocenters. The number of nitrogens with two attached hydrogens (primary N) is 1. The van der Waals surface area contributed by atoms with Crippen molar-refractivity contribution in [1.29, 1.82) is 0 Å². The fraction of sp³-hybridized carbons (Fsp3) is 0.458. The van der Waals surface area contributed by atoms with Gasteiger partial charge in [-0.25, -0.2) is 4.98 Å². The maximum absolute atomic E-state index is 9.22. The van der Waals surface area contributed by atoms with Crippen LogP contribution in [0.25, 0.3) is 11.1 Å². The molecule has 6 N–H and O–H groups in total. The molecular formula is C24H32N8O. The molecule has 1 aliphatic carbocycles. The Balaban J connectivity index is 1.41. The lowest BCUT2D eigenvalue weighted by molar-refractivity contribution is 0.269. The Morgan fingerprint density at radius 2 is 2.03 bits per heavy atom. The van der Waals surface area contributed by atoms with Crippen LogP contribution < -0.4 is 21.7 Å². The Hall–Kier alpha value is -3.01.